The van der Waals surface area contributed by atoms with Crippen molar-refractivity contribution in [3.05, 3.63) is 64.2 Å². The van der Waals surface area contributed by atoms with Gasteiger partial charge >= 0.3 is 0 Å². The van der Waals surface area contributed by atoms with Gasteiger partial charge in [-0.05, 0) is 55.3 Å². The average molecular weight is 303 g/mol. The summed E-state index contributed by atoms with van der Waals surface area (Å²) in [5.74, 6) is -0.0365. The molecule has 110 valence electrons. The molecule has 0 aliphatic heterocycles. The van der Waals surface area contributed by atoms with Crippen LogP contribution in [0.3, 0.4) is 0 Å². The number of nitrogens with two attached hydrogens (primary N) is 1. The zero-order valence-electron chi connectivity index (χ0n) is 12.4. The Morgan fingerprint density at radius 1 is 1.24 bits per heavy atom. The summed E-state index contributed by atoms with van der Waals surface area (Å²) in [6, 6.07) is 12.8. The van der Waals surface area contributed by atoms with Crippen molar-refractivity contribution >= 4 is 23.2 Å². The zero-order chi connectivity index (χ0) is 15.6. The predicted octanol–water partition coefficient (Wildman–Crippen LogP) is 4.06. The molecule has 3 nitrogen and oxygen atoms in total. The lowest BCUT2D eigenvalue weighted by Crippen LogP contribution is -2.29. The summed E-state index contributed by atoms with van der Waals surface area (Å²) >= 11 is 6.01. The van der Waals surface area contributed by atoms with Gasteiger partial charge in [0.1, 0.15) is 0 Å². The fourth-order valence-electron chi connectivity index (χ4n) is 2.18. The van der Waals surface area contributed by atoms with Gasteiger partial charge in [0.05, 0.1) is 6.04 Å². The quantitative estimate of drug-likeness (QED) is 0.869. The average Bonchev–Trinajstić information content (AvgIpc) is 2.47. The molecular weight excluding hydrogens is 284 g/mol. The minimum Gasteiger partial charge on any atom is -0.399 e. The van der Waals surface area contributed by atoms with Crippen LogP contribution in [0.25, 0.3) is 0 Å². The number of aryl methyl sites for hydroxylation is 1. The van der Waals surface area contributed by atoms with E-state index in [9.17, 15) is 4.79 Å². The van der Waals surface area contributed by atoms with Crippen molar-refractivity contribution in [1.29, 1.82) is 0 Å². The van der Waals surface area contributed by atoms with E-state index < -0.39 is 0 Å². The van der Waals surface area contributed by atoms with Crippen LogP contribution >= 0.6 is 11.6 Å². The number of carbonyl (C=O) groups is 1. The molecule has 1 amide bonds. The SMILES string of the molecule is Cc1cc(C(=O)N(C)C(C)c2cccc(Cl)c2)ccc1N. The van der Waals surface area contributed by atoms with Crippen LogP contribution in [0.2, 0.25) is 5.02 Å². The van der Waals surface area contributed by atoms with Crippen molar-refractivity contribution in [2.24, 2.45) is 0 Å². The number of rotatable bonds is 3. The van der Waals surface area contributed by atoms with Gasteiger partial charge in [0.2, 0.25) is 0 Å². The summed E-state index contributed by atoms with van der Waals surface area (Å²) in [6.07, 6.45) is 0. The van der Waals surface area contributed by atoms with E-state index in [2.05, 4.69) is 0 Å². The van der Waals surface area contributed by atoms with Crippen LogP contribution < -0.4 is 5.73 Å². The molecule has 2 aromatic rings. The lowest BCUT2D eigenvalue weighted by Gasteiger charge is -2.26. The highest BCUT2D eigenvalue weighted by atomic mass is 35.5. The summed E-state index contributed by atoms with van der Waals surface area (Å²) in [5, 5.41) is 0.670. The Bertz CT molecular complexity index is 670. The van der Waals surface area contributed by atoms with Gasteiger partial charge in [0, 0.05) is 23.3 Å². The van der Waals surface area contributed by atoms with Gasteiger partial charge in [-0.25, -0.2) is 0 Å². The van der Waals surface area contributed by atoms with Crippen molar-refractivity contribution in [2.75, 3.05) is 12.8 Å². The van der Waals surface area contributed by atoms with Crippen molar-refractivity contribution in [3.63, 3.8) is 0 Å². The Hall–Kier alpha value is -2.00. The molecule has 0 saturated carbocycles. The maximum absolute atomic E-state index is 12.6. The molecule has 0 heterocycles. The molecule has 2 N–H and O–H groups in total. The van der Waals surface area contributed by atoms with E-state index in [1.54, 1.807) is 24.1 Å². The molecule has 0 fully saturated rings. The molecule has 0 aromatic heterocycles. The van der Waals surface area contributed by atoms with E-state index in [0.717, 1.165) is 11.1 Å². The Kier molecular flexibility index (Phi) is 4.53. The molecule has 0 aliphatic rings. The maximum Gasteiger partial charge on any atom is 0.254 e. The van der Waals surface area contributed by atoms with Crippen molar-refractivity contribution in [2.45, 2.75) is 19.9 Å². The second-order valence-corrected chi connectivity index (χ2v) is 5.65. The second-order valence-electron chi connectivity index (χ2n) is 5.22. The van der Waals surface area contributed by atoms with Gasteiger partial charge in [-0.1, -0.05) is 23.7 Å². The Labute approximate surface area is 130 Å². The topological polar surface area (TPSA) is 46.3 Å². The van der Waals surface area contributed by atoms with Crippen LogP contribution in [-0.4, -0.2) is 17.9 Å². The molecule has 0 bridgehead atoms. The molecule has 2 rings (SSSR count). The third-order valence-corrected chi connectivity index (χ3v) is 3.98. The lowest BCUT2D eigenvalue weighted by molar-refractivity contribution is 0.0742. The zero-order valence-corrected chi connectivity index (χ0v) is 13.2. The number of anilines is 1. The van der Waals surface area contributed by atoms with Crippen LogP contribution in [-0.2, 0) is 0 Å². The second kappa shape index (κ2) is 6.19. The number of benzene rings is 2. The van der Waals surface area contributed by atoms with Crippen LogP contribution in [0, 0.1) is 6.92 Å². The van der Waals surface area contributed by atoms with Crippen LogP contribution in [0.15, 0.2) is 42.5 Å². The normalized spacial score (nSPS) is 12.0. The van der Waals surface area contributed by atoms with Gasteiger partial charge < -0.3 is 10.6 Å². The predicted molar refractivity (Wildman–Crippen MR) is 87.6 cm³/mol. The third-order valence-electron chi connectivity index (χ3n) is 3.75. The van der Waals surface area contributed by atoms with Crippen LogP contribution in [0.4, 0.5) is 5.69 Å². The molecule has 4 heteroatoms. The molecule has 2 aromatic carbocycles. The molecule has 0 saturated heterocycles. The molecule has 1 atom stereocenters. The van der Waals surface area contributed by atoms with Gasteiger partial charge in [-0.3, -0.25) is 4.79 Å². The number of amides is 1. The van der Waals surface area contributed by atoms with Crippen molar-refractivity contribution in [3.8, 4) is 0 Å². The van der Waals surface area contributed by atoms with E-state index >= 15 is 0 Å². The highest BCUT2D eigenvalue weighted by molar-refractivity contribution is 6.30. The van der Waals surface area contributed by atoms with Crippen molar-refractivity contribution in [1.82, 2.24) is 4.90 Å². The fourth-order valence-corrected chi connectivity index (χ4v) is 2.38. The largest absolute Gasteiger partial charge is 0.399 e. The first kappa shape index (κ1) is 15.4. The summed E-state index contributed by atoms with van der Waals surface area (Å²) in [5.41, 5.74) is 9.03. The van der Waals surface area contributed by atoms with E-state index in [0.29, 0.717) is 16.3 Å². The fraction of sp³-hybridized carbons (Fsp3) is 0.235. The smallest absolute Gasteiger partial charge is 0.254 e. The molecular formula is C17H19ClN2O. The number of hydrogen-bond acceptors (Lipinski definition) is 2. The number of halogens is 1. The first-order valence-corrected chi connectivity index (χ1v) is 7.16. The molecule has 0 spiro atoms. The number of carbonyl (C=O) groups excluding carboxylic acids is 1. The number of hydrogen-bond donors (Lipinski definition) is 1. The summed E-state index contributed by atoms with van der Waals surface area (Å²) in [4.78, 5) is 14.3. The monoisotopic (exact) mass is 302 g/mol. The summed E-state index contributed by atoms with van der Waals surface area (Å²) in [6.45, 7) is 3.88. The van der Waals surface area contributed by atoms with E-state index in [4.69, 9.17) is 17.3 Å². The minimum atomic E-state index is -0.0611. The van der Waals surface area contributed by atoms with E-state index in [1.165, 1.54) is 0 Å². The third kappa shape index (κ3) is 3.37. The van der Waals surface area contributed by atoms with E-state index in [-0.39, 0.29) is 11.9 Å². The van der Waals surface area contributed by atoms with Gasteiger partial charge in [0.25, 0.3) is 5.91 Å². The number of nitrogens with zero attached hydrogens (tertiary/aromatic N) is 1. The summed E-state index contributed by atoms with van der Waals surface area (Å²) in [7, 11) is 1.79. The molecule has 1 unspecified atom stereocenters. The Balaban J connectivity index is 2.24. The highest BCUT2D eigenvalue weighted by Gasteiger charge is 2.19. The van der Waals surface area contributed by atoms with Crippen molar-refractivity contribution < 1.29 is 4.79 Å². The first-order valence-electron chi connectivity index (χ1n) is 6.79. The lowest BCUT2D eigenvalue weighted by atomic mass is 10.0. The van der Waals surface area contributed by atoms with E-state index in [1.807, 2.05) is 44.2 Å². The maximum atomic E-state index is 12.6. The molecule has 21 heavy (non-hydrogen) atoms. The number of nitrogen functional groups attached to an aromatic ring is 1. The highest BCUT2D eigenvalue weighted by Crippen LogP contribution is 2.24. The van der Waals surface area contributed by atoms with Gasteiger partial charge in [-0.2, -0.15) is 0 Å². The first-order chi connectivity index (χ1) is 9.90. The van der Waals surface area contributed by atoms with Crippen LogP contribution in [0.5, 0.6) is 0 Å². The standard InChI is InChI=1S/C17H19ClN2O/c1-11-9-14(7-8-16(11)19)17(21)20(3)12(2)13-5-4-6-15(18)10-13/h4-10,12H,19H2,1-3H3. The van der Waals surface area contributed by atoms with Gasteiger partial charge in [-0.15, -0.1) is 0 Å². The van der Waals surface area contributed by atoms with Gasteiger partial charge in [0.15, 0.2) is 0 Å². The Morgan fingerprint density at radius 3 is 2.57 bits per heavy atom. The minimum absolute atomic E-state index is 0.0365. The Morgan fingerprint density at radius 2 is 1.95 bits per heavy atom. The molecule has 0 radical (unpaired) electrons. The summed E-state index contributed by atoms with van der Waals surface area (Å²) < 4.78 is 0. The van der Waals surface area contributed by atoms with Crippen LogP contribution in [0.1, 0.15) is 34.5 Å². The molecule has 0 aliphatic carbocycles.